The summed E-state index contributed by atoms with van der Waals surface area (Å²) in [6.45, 7) is 0. The molecule has 4 nitrogen and oxygen atoms in total. The third-order valence-electron chi connectivity index (χ3n) is 2.41. The van der Waals surface area contributed by atoms with Gasteiger partial charge in [0.15, 0.2) is 0 Å². The summed E-state index contributed by atoms with van der Waals surface area (Å²) in [5.41, 5.74) is -1.12. The Morgan fingerprint density at radius 3 is 2.42 bits per heavy atom. The molecule has 0 bridgehead atoms. The molecule has 1 aromatic rings. The van der Waals surface area contributed by atoms with Gasteiger partial charge in [0.05, 0.1) is 17.9 Å². The minimum atomic E-state index is -4.60. The van der Waals surface area contributed by atoms with Gasteiger partial charge < -0.3 is 4.74 Å². The van der Waals surface area contributed by atoms with Crippen LogP contribution < -0.4 is 9.46 Å². The van der Waals surface area contributed by atoms with Crippen molar-refractivity contribution in [3.05, 3.63) is 23.8 Å². The molecule has 0 saturated heterocycles. The van der Waals surface area contributed by atoms with E-state index in [1.807, 2.05) is 4.72 Å². The van der Waals surface area contributed by atoms with E-state index >= 15 is 0 Å². The number of benzene rings is 1. The smallest absolute Gasteiger partial charge is 0.420 e. The van der Waals surface area contributed by atoms with E-state index in [9.17, 15) is 21.6 Å². The molecule has 2 rings (SSSR count). The van der Waals surface area contributed by atoms with Gasteiger partial charge >= 0.3 is 6.18 Å². The van der Waals surface area contributed by atoms with Crippen molar-refractivity contribution in [2.45, 2.75) is 25.1 Å². The minimum absolute atomic E-state index is 0.141. The third-order valence-corrected chi connectivity index (χ3v) is 3.01. The first-order valence-electron chi connectivity index (χ1n) is 5.51. The number of rotatable bonds is 4. The van der Waals surface area contributed by atoms with Gasteiger partial charge in [-0.3, -0.25) is 4.72 Å². The predicted octanol–water partition coefficient (Wildman–Crippen LogP) is 2.62. The Bertz CT molecular complexity index is 579. The Balaban J connectivity index is 2.35. The Labute approximate surface area is 108 Å². The Morgan fingerprint density at radius 1 is 1.32 bits per heavy atom. The lowest BCUT2D eigenvalue weighted by Gasteiger charge is -2.15. The normalized spacial score (nSPS) is 16.2. The molecule has 1 aromatic carbocycles. The van der Waals surface area contributed by atoms with E-state index in [4.69, 9.17) is 4.74 Å². The van der Waals surface area contributed by atoms with Gasteiger partial charge in [0, 0.05) is 5.69 Å². The van der Waals surface area contributed by atoms with Gasteiger partial charge in [-0.1, -0.05) is 0 Å². The fourth-order valence-electron chi connectivity index (χ4n) is 1.50. The fourth-order valence-corrected chi connectivity index (χ4v) is 2.05. The highest BCUT2D eigenvalue weighted by Gasteiger charge is 2.36. The molecule has 1 saturated carbocycles. The van der Waals surface area contributed by atoms with Crippen LogP contribution in [0.4, 0.5) is 18.9 Å². The average Bonchev–Trinajstić information content (AvgIpc) is 3.00. The molecule has 1 aliphatic carbocycles. The molecular weight excluding hydrogens is 283 g/mol. The lowest BCUT2D eigenvalue weighted by atomic mass is 10.1. The van der Waals surface area contributed by atoms with Gasteiger partial charge in [-0.15, -0.1) is 0 Å². The number of ether oxygens (including phenoxy) is 1. The summed E-state index contributed by atoms with van der Waals surface area (Å²) >= 11 is 0. The van der Waals surface area contributed by atoms with Crippen molar-refractivity contribution in [2.75, 3.05) is 11.0 Å². The number of hydrogen-bond donors (Lipinski definition) is 1. The topological polar surface area (TPSA) is 55.4 Å². The van der Waals surface area contributed by atoms with Crippen LogP contribution in [0.3, 0.4) is 0 Å². The van der Waals surface area contributed by atoms with Crippen molar-refractivity contribution in [2.24, 2.45) is 0 Å². The molecule has 1 N–H and O–H groups in total. The molecule has 0 atom stereocenters. The van der Waals surface area contributed by atoms with E-state index in [0.717, 1.165) is 31.2 Å². The molecular formula is C11H12F3NO3S. The first kappa shape index (κ1) is 14.0. The summed E-state index contributed by atoms with van der Waals surface area (Å²) in [6, 6.07) is 3.11. The predicted molar refractivity (Wildman–Crippen MR) is 63.6 cm³/mol. The minimum Gasteiger partial charge on any atom is -0.490 e. The van der Waals surface area contributed by atoms with Crippen LogP contribution in [0, 0.1) is 0 Å². The monoisotopic (exact) mass is 295 g/mol. The van der Waals surface area contributed by atoms with Crippen LogP contribution in [0.2, 0.25) is 0 Å². The maximum absolute atomic E-state index is 12.9. The highest BCUT2D eigenvalue weighted by Crippen LogP contribution is 2.40. The van der Waals surface area contributed by atoms with Gasteiger partial charge in [0.1, 0.15) is 5.75 Å². The standard InChI is InChI=1S/C11H12F3NO3S/c1-19(16,17)15-7-2-5-10(18-8-3-4-8)9(6-7)11(12,13)14/h2,5-6,8,15H,3-4H2,1H3. The van der Waals surface area contributed by atoms with E-state index in [-0.39, 0.29) is 17.5 Å². The van der Waals surface area contributed by atoms with E-state index in [2.05, 4.69) is 0 Å². The first-order valence-corrected chi connectivity index (χ1v) is 7.40. The number of halogens is 3. The van der Waals surface area contributed by atoms with Gasteiger partial charge in [-0.05, 0) is 31.0 Å². The number of hydrogen-bond acceptors (Lipinski definition) is 3. The van der Waals surface area contributed by atoms with Crippen molar-refractivity contribution in [3.63, 3.8) is 0 Å². The molecule has 0 unspecified atom stereocenters. The lowest BCUT2D eigenvalue weighted by molar-refractivity contribution is -0.139. The second-order valence-corrected chi connectivity index (χ2v) is 6.15. The van der Waals surface area contributed by atoms with Crippen LogP contribution in [0.5, 0.6) is 5.75 Å². The van der Waals surface area contributed by atoms with Crippen molar-refractivity contribution in [1.29, 1.82) is 0 Å². The van der Waals surface area contributed by atoms with Crippen molar-refractivity contribution < 1.29 is 26.3 Å². The highest BCUT2D eigenvalue weighted by atomic mass is 32.2. The van der Waals surface area contributed by atoms with Gasteiger partial charge in [-0.25, -0.2) is 8.42 Å². The van der Waals surface area contributed by atoms with Crippen molar-refractivity contribution in [1.82, 2.24) is 0 Å². The van der Waals surface area contributed by atoms with Crippen molar-refractivity contribution in [3.8, 4) is 5.75 Å². The summed E-state index contributed by atoms with van der Waals surface area (Å²) in [6.07, 6.45) is -2.43. The van der Waals surface area contributed by atoms with E-state index in [1.54, 1.807) is 0 Å². The maximum atomic E-state index is 12.9. The van der Waals surface area contributed by atoms with Crippen LogP contribution >= 0.6 is 0 Å². The van der Waals surface area contributed by atoms with Crippen LogP contribution in [0.1, 0.15) is 18.4 Å². The highest BCUT2D eigenvalue weighted by molar-refractivity contribution is 7.92. The Hall–Kier alpha value is -1.44. The molecule has 0 amide bonds. The molecule has 19 heavy (non-hydrogen) atoms. The number of alkyl halides is 3. The molecule has 1 aliphatic rings. The van der Waals surface area contributed by atoms with Crippen LogP contribution in [-0.2, 0) is 16.2 Å². The molecule has 0 aromatic heterocycles. The molecule has 1 fully saturated rings. The van der Waals surface area contributed by atoms with Crippen LogP contribution in [0.15, 0.2) is 18.2 Å². The molecule has 106 valence electrons. The van der Waals surface area contributed by atoms with Gasteiger partial charge in [-0.2, -0.15) is 13.2 Å². The second kappa shape index (κ2) is 4.59. The summed E-state index contributed by atoms with van der Waals surface area (Å²) < 4.78 is 67.8. The molecule has 0 radical (unpaired) electrons. The third kappa shape index (κ3) is 4.02. The van der Waals surface area contributed by atoms with E-state index < -0.39 is 21.8 Å². The Kier molecular flexibility index (Phi) is 3.38. The van der Waals surface area contributed by atoms with E-state index in [1.165, 1.54) is 6.07 Å². The summed E-state index contributed by atoms with van der Waals surface area (Å²) in [7, 11) is -3.62. The number of nitrogens with one attached hydrogen (secondary N) is 1. The van der Waals surface area contributed by atoms with Gasteiger partial charge in [0.2, 0.25) is 10.0 Å². The second-order valence-electron chi connectivity index (χ2n) is 4.40. The fraction of sp³-hybridized carbons (Fsp3) is 0.455. The largest absolute Gasteiger partial charge is 0.490 e. The molecule has 0 spiro atoms. The molecule has 0 heterocycles. The average molecular weight is 295 g/mol. The summed E-state index contributed by atoms with van der Waals surface area (Å²) in [5.74, 6) is -0.269. The Morgan fingerprint density at radius 2 is 1.95 bits per heavy atom. The first-order chi connectivity index (χ1) is 8.65. The quantitative estimate of drug-likeness (QED) is 0.929. The van der Waals surface area contributed by atoms with Crippen molar-refractivity contribution >= 4 is 15.7 Å². The van der Waals surface area contributed by atoms with E-state index in [0.29, 0.717) is 0 Å². The van der Waals surface area contributed by atoms with Gasteiger partial charge in [0.25, 0.3) is 0 Å². The summed E-state index contributed by atoms with van der Waals surface area (Å²) in [4.78, 5) is 0. The number of anilines is 1. The maximum Gasteiger partial charge on any atom is 0.420 e. The summed E-state index contributed by atoms with van der Waals surface area (Å²) in [5, 5.41) is 0. The number of sulfonamides is 1. The molecule has 8 heteroatoms. The SMILES string of the molecule is CS(=O)(=O)Nc1ccc(OC2CC2)c(C(F)(F)F)c1. The zero-order valence-electron chi connectivity index (χ0n) is 9.99. The zero-order valence-corrected chi connectivity index (χ0v) is 10.8. The zero-order chi connectivity index (χ0) is 14.3. The molecule has 0 aliphatic heterocycles. The van der Waals surface area contributed by atoms with Crippen LogP contribution in [-0.4, -0.2) is 20.8 Å². The lowest BCUT2D eigenvalue weighted by Crippen LogP contribution is -2.13. The van der Waals surface area contributed by atoms with Crippen LogP contribution in [0.25, 0.3) is 0 Å².